The predicted octanol–water partition coefficient (Wildman–Crippen LogP) is 3.18. The maximum atomic E-state index is 6.05. The van der Waals surface area contributed by atoms with Crippen LogP contribution in [0, 0.1) is 12.8 Å². The van der Waals surface area contributed by atoms with E-state index in [1.54, 1.807) is 0 Å². The fourth-order valence-corrected chi connectivity index (χ4v) is 3.03. The van der Waals surface area contributed by atoms with Gasteiger partial charge in [-0.15, -0.1) is 11.6 Å². The van der Waals surface area contributed by atoms with Gasteiger partial charge in [0.05, 0.1) is 11.6 Å². The molecule has 0 aliphatic heterocycles. The van der Waals surface area contributed by atoms with Crippen molar-refractivity contribution in [2.45, 2.75) is 45.0 Å². The lowest BCUT2D eigenvalue weighted by molar-refractivity contribution is 0.469. The summed E-state index contributed by atoms with van der Waals surface area (Å²) in [6, 6.07) is 0.450. The Hall–Kier alpha value is -1.03. The number of hydrogen-bond donors (Lipinski definition) is 0. The maximum Gasteiger partial charge on any atom is 0.158 e. The molecule has 0 aromatic carbocycles. The Kier molecular flexibility index (Phi) is 2.85. The first-order valence-corrected chi connectivity index (χ1v) is 7.11. The average Bonchev–Trinajstić information content (AvgIpc) is 2.97. The van der Waals surface area contributed by atoms with Gasteiger partial charge in [0.1, 0.15) is 11.3 Å². The first-order valence-electron chi connectivity index (χ1n) is 6.58. The molecule has 1 saturated carbocycles. The highest BCUT2D eigenvalue weighted by Crippen LogP contribution is 2.38. The van der Waals surface area contributed by atoms with E-state index < -0.39 is 0 Å². The van der Waals surface area contributed by atoms with Crippen LogP contribution in [-0.2, 0) is 12.9 Å². The summed E-state index contributed by atoms with van der Waals surface area (Å²) in [5, 5.41) is 4.45. The molecule has 0 bridgehead atoms. The molecule has 0 radical (unpaired) electrons. The van der Waals surface area contributed by atoms with Crippen molar-refractivity contribution in [3.8, 4) is 0 Å². The van der Waals surface area contributed by atoms with Gasteiger partial charge in [-0.25, -0.2) is 4.98 Å². The topological polar surface area (TPSA) is 35.6 Å². The zero-order valence-electron chi connectivity index (χ0n) is 11.1. The molecular weight excluding hydrogens is 248 g/mol. The molecule has 1 fully saturated rings. The van der Waals surface area contributed by atoms with Crippen LogP contribution >= 0.6 is 11.6 Å². The minimum absolute atomic E-state index is 0.450. The van der Waals surface area contributed by atoms with E-state index >= 15 is 0 Å². The van der Waals surface area contributed by atoms with Crippen molar-refractivity contribution in [3.63, 3.8) is 0 Å². The Morgan fingerprint density at radius 1 is 1.44 bits per heavy atom. The number of fused-ring (bicyclic) bond motifs is 1. The van der Waals surface area contributed by atoms with Crippen molar-refractivity contribution in [3.05, 3.63) is 11.5 Å². The number of aromatic nitrogens is 4. The number of nitrogens with zero attached hydrogens (tertiary/aromatic N) is 4. The molecule has 1 aliphatic carbocycles. The molecule has 4 nitrogen and oxygen atoms in total. The van der Waals surface area contributed by atoms with Crippen LogP contribution in [0.2, 0.25) is 0 Å². The molecule has 3 rings (SSSR count). The standard InChI is InChI=1S/C13H19ClN4/c1-8(6-10-4-5-10)18-11(7-14)15-12-9(2)16-17(3)13(12)18/h8,10H,4-7H2,1-3H3. The minimum atomic E-state index is 0.450. The largest absolute Gasteiger partial charge is 0.309 e. The molecule has 5 heteroatoms. The van der Waals surface area contributed by atoms with Gasteiger partial charge in [-0.2, -0.15) is 5.10 Å². The van der Waals surface area contributed by atoms with E-state index in [2.05, 4.69) is 21.6 Å². The van der Waals surface area contributed by atoms with Crippen molar-refractivity contribution in [1.29, 1.82) is 0 Å². The number of halogens is 1. The number of imidazole rings is 1. The summed E-state index contributed by atoms with van der Waals surface area (Å²) in [4.78, 5) is 4.65. The SMILES string of the molecule is Cc1nn(C)c2c1nc(CCl)n2C(C)CC1CC1. The molecule has 0 saturated heterocycles. The van der Waals surface area contributed by atoms with Gasteiger partial charge in [0.25, 0.3) is 0 Å². The Bertz CT molecular complexity index is 579. The Morgan fingerprint density at radius 2 is 2.17 bits per heavy atom. The lowest BCUT2D eigenvalue weighted by atomic mass is 10.1. The fourth-order valence-electron chi connectivity index (χ4n) is 2.84. The van der Waals surface area contributed by atoms with Crippen molar-refractivity contribution >= 4 is 22.8 Å². The van der Waals surface area contributed by atoms with Crippen LogP contribution < -0.4 is 0 Å². The zero-order valence-corrected chi connectivity index (χ0v) is 11.9. The van der Waals surface area contributed by atoms with Crippen LogP contribution in [-0.4, -0.2) is 19.3 Å². The summed E-state index contributed by atoms with van der Waals surface area (Å²) in [7, 11) is 1.98. The van der Waals surface area contributed by atoms with Crippen LogP contribution in [0.3, 0.4) is 0 Å². The van der Waals surface area contributed by atoms with Crippen LogP contribution in [0.4, 0.5) is 0 Å². The van der Waals surface area contributed by atoms with Crippen LogP contribution in [0.5, 0.6) is 0 Å². The first kappa shape index (κ1) is 12.0. The third-order valence-electron chi connectivity index (χ3n) is 3.84. The number of rotatable bonds is 4. The third-order valence-corrected chi connectivity index (χ3v) is 4.08. The van der Waals surface area contributed by atoms with Crippen LogP contribution in [0.25, 0.3) is 11.2 Å². The summed E-state index contributed by atoms with van der Waals surface area (Å²) in [5.74, 6) is 2.33. The lowest BCUT2D eigenvalue weighted by Crippen LogP contribution is -2.12. The first-order chi connectivity index (χ1) is 8.61. The van der Waals surface area contributed by atoms with Crippen LogP contribution in [0.15, 0.2) is 0 Å². The number of aryl methyl sites for hydroxylation is 2. The molecule has 2 heterocycles. The highest BCUT2D eigenvalue weighted by atomic mass is 35.5. The number of alkyl halides is 1. The zero-order chi connectivity index (χ0) is 12.9. The lowest BCUT2D eigenvalue weighted by Gasteiger charge is -2.16. The summed E-state index contributed by atoms with van der Waals surface area (Å²) >= 11 is 6.05. The second kappa shape index (κ2) is 4.26. The van der Waals surface area contributed by atoms with E-state index in [0.29, 0.717) is 11.9 Å². The van der Waals surface area contributed by atoms with Gasteiger partial charge in [0.2, 0.25) is 0 Å². The predicted molar refractivity (Wildman–Crippen MR) is 72.8 cm³/mol. The van der Waals surface area contributed by atoms with Crippen molar-refractivity contribution in [2.24, 2.45) is 13.0 Å². The average molecular weight is 267 g/mol. The summed E-state index contributed by atoms with van der Waals surface area (Å²) in [6.07, 6.45) is 3.98. The Morgan fingerprint density at radius 3 is 2.78 bits per heavy atom. The van der Waals surface area contributed by atoms with Gasteiger partial charge in [0.15, 0.2) is 5.65 Å². The molecule has 1 atom stereocenters. The molecule has 0 N–H and O–H groups in total. The van der Waals surface area contributed by atoms with Gasteiger partial charge in [-0.05, 0) is 26.2 Å². The smallest absolute Gasteiger partial charge is 0.158 e. The van der Waals surface area contributed by atoms with Gasteiger partial charge in [-0.1, -0.05) is 12.8 Å². The van der Waals surface area contributed by atoms with E-state index in [1.165, 1.54) is 19.3 Å². The Balaban J connectivity index is 2.11. The highest BCUT2D eigenvalue weighted by molar-refractivity contribution is 6.16. The monoisotopic (exact) mass is 266 g/mol. The molecule has 1 unspecified atom stereocenters. The molecule has 18 heavy (non-hydrogen) atoms. The summed E-state index contributed by atoms with van der Waals surface area (Å²) in [6.45, 7) is 4.26. The number of hydrogen-bond acceptors (Lipinski definition) is 2. The van der Waals surface area contributed by atoms with E-state index in [9.17, 15) is 0 Å². The minimum Gasteiger partial charge on any atom is -0.309 e. The summed E-state index contributed by atoms with van der Waals surface area (Å²) in [5.41, 5.74) is 3.09. The quantitative estimate of drug-likeness (QED) is 0.797. The molecule has 0 spiro atoms. The second-order valence-corrected chi connectivity index (χ2v) is 5.71. The van der Waals surface area contributed by atoms with Crippen LogP contribution in [0.1, 0.15) is 43.7 Å². The summed E-state index contributed by atoms with van der Waals surface area (Å²) < 4.78 is 4.21. The molecule has 98 valence electrons. The molecule has 0 amide bonds. The van der Waals surface area contributed by atoms with Gasteiger partial charge in [-0.3, -0.25) is 4.68 Å². The van der Waals surface area contributed by atoms with E-state index in [-0.39, 0.29) is 0 Å². The van der Waals surface area contributed by atoms with E-state index in [0.717, 1.165) is 28.6 Å². The van der Waals surface area contributed by atoms with Crippen molar-refractivity contribution < 1.29 is 0 Å². The van der Waals surface area contributed by atoms with Crippen molar-refractivity contribution in [1.82, 2.24) is 19.3 Å². The van der Waals surface area contributed by atoms with E-state index in [1.807, 2.05) is 18.7 Å². The Labute approximate surface area is 112 Å². The van der Waals surface area contributed by atoms with Gasteiger partial charge >= 0.3 is 0 Å². The molecule has 1 aliphatic rings. The highest BCUT2D eigenvalue weighted by Gasteiger charge is 2.27. The normalized spacial score (nSPS) is 17.6. The molecule has 2 aromatic rings. The third kappa shape index (κ3) is 1.83. The van der Waals surface area contributed by atoms with Gasteiger partial charge in [0, 0.05) is 13.1 Å². The second-order valence-electron chi connectivity index (χ2n) is 5.44. The van der Waals surface area contributed by atoms with Crippen molar-refractivity contribution in [2.75, 3.05) is 0 Å². The molecule has 2 aromatic heterocycles. The van der Waals surface area contributed by atoms with E-state index in [4.69, 9.17) is 11.6 Å². The fraction of sp³-hybridized carbons (Fsp3) is 0.692. The maximum absolute atomic E-state index is 6.05. The van der Waals surface area contributed by atoms with Gasteiger partial charge < -0.3 is 4.57 Å². The molecular formula is C13H19ClN4.